The van der Waals surface area contributed by atoms with Gasteiger partial charge in [-0.3, -0.25) is 14.2 Å². The van der Waals surface area contributed by atoms with Gasteiger partial charge in [0, 0.05) is 5.39 Å². The number of nitrogens with one attached hydrogen (secondary N) is 1. The Balaban J connectivity index is 1.42. The van der Waals surface area contributed by atoms with E-state index in [4.69, 9.17) is 4.42 Å². The third kappa shape index (κ3) is 2.90. The predicted octanol–water partition coefficient (Wildman–Crippen LogP) is 3.48. The van der Waals surface area contributed by atoms with Gasteiger partial charge in [-0.15, -0.1) is 0 Å². The van der Waals surface area contributed by atoms with E-state index in [0.717, 1.165) is 30.2 Å². The zero-order chi connectivity index (χ0) is 20.0. The van der Waals surface area contributed by atoms with Gasteiger partial charge in [0.2, 0.25) is 11.5 Å². The summed E-state index contributed by atoms with van der Waals surface area (Å²) in [6.07, 6.45) is 3.90. The van der Waals surface area contributed by atoms with Gasteiger partial charge in [-0.1, -0.05) is 24.3 Å². The lowest BCUT2D eigenvalue weighted by Crippen LogP contribution is -2.52. The molecule has 4 aromatic rings. The van der Waals surface area contributed by atoms with Crippen LogP contribution in [0.15, 0.2) is 64.1 Å². The minimum atomic E-state index is -0.509. The van der Waals surface area contributed by atoms with Crippen LogP contribution in [0.4, 0.5) is 4.39 Å². The van der Waals surface area contributed by atoms with Crippen LogP contribution in [0.3, 0.4) is 0 Å². The molecule has 1 aliphatic rings. The van der Waals surface area contributed by atoms with Crippen LogP contribution >= 0.6 is 0 Å². The van der Waals surface area contributed by atoms with Gasteiger partial charge in [0.15, 0.2) is 0 Å². The smallest absolute Gasteiger partial charge is 0.297 e. The number of para-hydroxylation sites is 1. The number of carbonyl (C=O) groups excluding carboxylic acids is 1. The van der Waals surface area contributed by atoms with Crippen LogP contribution in [-0.2, 0) is 16.9 Å². The van der Waals surface area contributed by atoms with E-state index in [2.05, 4.69) is 10.3 Å². The molecule has 29 heavy (non-hydrogen) atoms. The molecule has 0 radical (unpaired) electrons. The third-order valence-electron chi connectivity index (χ3n) is 5.65. The second-order valence-electron chi connectivity index (χ2n) is 7.44. The zero-order valence-electron chi connectivity index (χ0n) is 15.5. The van der Waals surface area contributed by atoms with Gasteiger partial charge in [-0.25, -0.2) is 9.37 Å². The van der Waals surface area contributed by atoms with Crippen molar-refractivity contribution in [1.82, 2.24) is 14.9 Å². The summed E-state index contributed by atoms with van der Waals surface area (Å²) in [5.74, 6) is -0.611. The fourth-order valence-electron chi connectivity index (χ4n) is 3.97. The number of benzene rings is 2. The second-order valence-corrected chi connectivity index (χ2v) is 7.44. The average Bonchev–Trinajstić information content (AvgIpc) is 3.07. The normalized spacial score (nSPS) is 15.3. The van der Waals surface area contributed by atoms with Crippen molar-refractivity contribution in [3.63, 3.8) is 0 Å². The Labute approximate surface area is 165 Å². The van der Waals surface area contributed by atoms with E-state index in [1.807, 2.05) is 18.2 Å². The number of amides is 1. The zero-order valence-corrected chi connectivity index (χ0v) is 15.5. The molecule has 1 aliphatic carbocycles. The molecule has 6 nitrogen and oxygen atoms in total. The van der Waals surface area contributed by atoms with Crippen molar-refractivity contribution in [3.8, 4) is 0 Å². The maximum Gasteiger partial charge on any atom is 0.297 e. The minimum Gasteiger partial charge on any atom is -0.448 e. The average molecular weight is 391 g/mol. The van der Waals surface area contributed by atoms with E-state index in [9.17, 15) is 14.0 Å². The fraction of sp³-hybridized carbons (Fsp3) is 0.227. The quantitative estimate of drug-likeness (QED) is 0.578. The van der Waals surface area contributed by atoms with E-state index < -0.39 is 11.1 Å². The number of aromatic nitrogens is 2. The maximum atomic E-state index is 13.3. The lowest BCUT2D eigenvalue weighted by molar-refractivity contribution is -0.125. The number of fused-ring (bicyclic) bond motifs is 3. The SMILES string of the molecule is O=C(Cn1cnc2c(oc3ccccc32)c1=O)NC1(c2ccc(F)cc2)CCC1. The number of furan rings is 1. The van der Waals surface area contributed by atoms with Gasteiger partial charge in [0.1, 0.15) is 23.5 Å². The molecule has 5 rings (SSSR count). The summed E-state index contributed by atoms with van der Waals surface area (Å²) in [7, 11) is 0. The Kier molecular flexibility index (Phi) is 3.97. The summed E-state index contributed by atoms with van der Waals surface area (Å²) in [6, 6.07) is 13.5. The van der Waals surface area contributed by atoms with Crippen LogP contribution in [0.25, 0.3) is 22.1 Å². The molecule has 7 heteroatoms. The highest BCUT2D eigenvalue weighted by atomic mass is 19.1. The van der Waals surface area contributed by atoms with Crippen LogP contribution in [0.2, 0.25) is 0 Å². The molecular weight excluding hydrogens is 373 g/mol. The molecule has 1 N–H and O–H groups in total. The lowest BCUT2D eigenvalue weighted by Gasteiger charge is -2.43. The predicted molar refractivity (Wildman–Crippen MR) is 106 cm³/mol. The van der Waals surface area contributed by atoms with Crippen LogP contribution in [0.5, 0.6) is 0 Å². The van der Waals surface area contributed by atoms with Crippen molar-refractivity contribution in [1.29, 1.82) is 0 Å². The van der Waals surface area contributed by atoms with E-state index in [1.165, 1.54) is 23.0 Å². The Morgan fingerprint density at radius 3 is 2.66 bits per heavy atom. The topological polar surface area (TPSA) is 77.1 Å². The summed E-state index contributed by atoms with van der Waals surface area (Å²) in [5, 5.41) is 3.80. The summed E-state index contributed by atoms with van der Waals surface area (Å²) in [4.78, 5) is 29.8. The molecule has 146 valence electrons. The molecule has 0 bridgehead atoms. The van der Waals surface area contributed by atoms with E-state index in [1.54, 1.807) is 18.2 Å². The summed E-state index contributed by atoms with van der Waals surface area (Å²) in [5.41, 5.74) is 1.18. The van der Waals surface area contributed by atoms with Gasteiger partial charge in [0.25, 0.3) is 5.56 Å². The van der Waals surface area contributed by atoms with Gasteiger partial charge >= 0.3 is 0 Å². The van der Waals surface area contributed by atoms with Crippen LogP contribution < -0.4 is 10.9 Å². The molecule has 0 saturated heterocycles. The van der Waals surface area contributed by atoms with Crippen molar-refractivity contribution >= 4 is 28.0 Å². The minimum absolute atomic E-state index is 0.137. The summed E-state index contributed by atoms with van der Waals surface area (Å²) < 4.78 is 20.2. The first-order valence-electron chi connectivity index (χ1n) is 9.49. The Morgan fingerprint density at radius 1 is 1.17 bits per heavy atom. The highest BCUT2D eigenvalue weighted by Crippen LogP contribution is 2.41. The standard InChI is InChI=1S/C22H18FN3O3/c23-15-8-6-14(7-9-15)22(10-3-11-22)25-18(27)12-26-13-24-19-16-4-1-2-5-17(16)29-20(19)21(26)28/h1-2,4-9,13H,3,10-12H2,(H,25,27). The van der Waals surface area contributed by atoms with Crippen molar-refractivity contribution < 1.29 is 13.6 Å². The first-order valence-corrected chi connectivity index (χ1v) is 9.49. The van der Waals surface area contributed by atoms with E-state index >= 15 is 0 Å². The number of hydrogen-bond acceptors (Lipinski definition) is 4. The molecular formula is C22H18FN3O3. The largest absolute Gasteiger partial charge is 0.448 e. The fourth-order valence-corrected chi connectivity index (χ4v) is 3.97. The molecule has 1 fully saturated rings. The number of halogens is 1. The second kappa shape index (κ2) is 6.55. The van der Waals surface area contributed by atoms with Crippen LogP contribution in [-0.4, -0.2) is 15.5 Å². The van der Waals surface area contributed by atoms with Crippen molar-refractivity contribution in [3.05, 3.63) is 76.6 Å². The van der Waals surface area contributed by atoms with Gasteiger partial charge < -0.3 is 9.73 Å². The molecule has 0 spiro atoms. The lowest BCUT2D eigenvalue weighted by atomic mass is 9.72. The maximum absolute atomic E-state index is 13.3. The molecule has 0 atom stereocenters. The Bertz CT molecular complexity index is 1290. The number of nitrogens with zero attached hydrogens (tertiary/aromatic N) is 2. The van der Waals surface area contributed by atoms with E-state index in [0.29, 0.717) is 11.1 Å². The van der Waals surface area contributed by atoms with Crippen molar-refractivity contribution in [2.24, 2.45) is 0 Å². The summed E-state index contributed by atoms with van der Waals surface area (Å²) in [6.45, 7) is -0.165. The monoisotopic (exact) mass is 391 g/mol. The number of carbonyl (C=O) groups is 1. The van der Waals surface area contributed by atoms with E-state index in [-0.39, 0.29) is 23.9 Å². The summed E-state index contributed by atoms with van der Waals surface area (Å²) >= 11 is 0. The van der Waals surface area contributed by atoms with Crippen molar-refractivity contribution in [2.75, 3.05) is 0 Å². The molecule has 0 aliphatic heterocycles. The molecule has 2 aromatic carbocycles. The van der Waals surface area contributed by atoms with Gasteiger partial charge in [0.05, 0.1) is 11.9 Å². The highest BCUT2D eigenvalue weighted by Gasteiger charge is 2.40. The molecule has 2 heterocycles. The number of rotatable bonds is 4. The van der Waals surface area contributed by atoms with Gasteiger partial charge in [-0.05, 0) is 49.1 Å². The Morgan fingerprint density at radius 2 is 1.93 bits per heavy atom. The molecule has 1 saturated carbocycles. The van der Waals surface area contributed by atoms with Gasteiger partial charge in [-0.2, -0.15) is 0 Å². The van der Waals surface area contributed by atoms with Crippen LogP contribution in [0, 0.1) is 5.82 Å². The number of hydrogen-bond donors (Lipinski definition) is 1. The molecule has 2 aromatic heterocycles. The molecule has 1 amide bonds. The third-order valence-corrected chi connectivity index (χ3v) is 5.65. The highest BCUT2D eigenvalue weighted by molar-refractivity contribution is 6.01. The first kappa shape index (κ1) is 17.6. The van der Waals surface area contributed by atoms with Crippen LogP contribution in [0.1, 0.15) is 24.8 Å². The first-order chi connectivity index (χ1) is 14.1. The Hall–Kier alpha value is -3.48. The molecule has 0 unspecified atom stereocenters. The van der Waals surface area contributed by atoms with Crippen molar-refractivity contribution in [2.45, 2.75) is 31.3 Å².